The van der Waals surface area contributed by atoms with Gasteiger partial charge in [0, 0.05) is 51.0 Å². The van der Waals surface area contributed by atoms with Crippen LogP contribution in [0.5, 0.6) is 5.75 Å². The summed E-state index contributed by atoms with van der Waals surface area (Å²) < 4.78 is 5.33. The van der Waals surface area contributed by atoms with E-state index in [4.69, 9.17) is 4.74 Å². The van der Waals surface area contributed by atoms with E-state index in [0.717, 1.165) is 49.7 Å². The lowest BCUT2D eigenvalue weighted by atomic mass is 10.1. The number of carbonyl (C=O) groups is 1. The summed E-state index contributed by atoms with van der Waals surface area (Å²) >= 11 is 0. The van der Waals surface area contributed by atoms with Crippen molar-refractivity contribution in [2.45, 2.75) is 26.4 Å². The smallest absolute Gasteiger partial charge is 0.271 e. The van der Waals surface area contributed by atoms with Crippen molar-refractivity contribution in [2.24, 2.45) is 5.10 Å². The van der Waals surface area contributed by atoms with Crippen molar-refractivity contribution in [1.29, 1.82) is 0 Å². The van der Waals surface area contributed by atoms with E-state index in [1.807, 2.05) is 36.2 Å². The lowest BCUT2D eigenvalue weighted by Crippen LogP contribution is -2.44. The van der Waals surface area contributed by atoms with Crippen LogP contribution in [0.4, 0.5) is 17.1 Å². The van der Waals surface area contributed by atoms with Gasteiger partial charge in [0.2, 0.25) is 0 Å². The number of ether oxygens (including phenoxy) is 1. The Morgan fingerprint density at radius 2 is 2.16 bits per heavy atom. The zero-order chi connectivity index (χ0) is 22.5. The molecule has 1 aromatic heterocycles. The van der Waals surface area contributed by atoms with Crippen LogP contribution < -0.4 is 25.6 Å². The molecule has 9 heteroatoms. The van der Waals surface area contributed by atoms with Crippen molar-refractivity contribution in [3.8, 4) is 5.75 Å². The summed E-state index contributed by atoms with van der Waals surface area (Å²) in [4.78, 5) is 19.4. The van der Waals surface area contributed by atoms with Gasteiger partial charge in [-0.15, -0.1) is 0 Å². The minimum absolute atomic E-state index is 0.0142. The highest BCUT2D eigenvalue weighted by Gasteiger charge is 2.26. The number of rotatable bonds is 7. The molecule has 1 amide bonds. The fourth-order valence-corrected chi connectivity index (χ4v) is 4.10. The summed E-state index contributed by atoms with van der Waals surface area (Å²) in [6.45, 7) is 8.07. The molecule has 0 aliphatic carbocycles. The first-order chi connectivity index (χ1) is 15.6. The highest BCUT2D eigenvalue weighted by atomic mass is 16.5. The minimum atomic E-state index is -0.231. The van der Waals surface area contributed by atoms with E-state index < -0.39 is 0 Å². The average Bonchev–Trinajstić information content (AvgIpc) is 3.26. The summed E-state index contributed by atoms with van der Waals surface area (Å²) in [6.07, 6.45) is 4.22. The third kappa shape index (κ3) is 4.77. The van der Waals surface area contributed by atoms with Crippen molar-refractivity contribution >= 4 is 28.7 Å². The second kappa shape index (κ2) is 9.86. The number of hydrazone groups is 1. The number of aromatic nitrogens is 1. The van der Waals surface area contributed by atoms with E-state index >= 15 is 0 Å². The Hall–Kier alpha value is -3.33. The molecule has 4 rings (SSSR count). The molecule has 1 unspecified atom stereocenters. The molecule has 0 spiro atoms. The predicted molar refractivity (Wildman–Crippen MR) is 128 cm³/mol. The zero-order valence-corrected chi connectivity index (χ0v) is 18.9. The largest absolute Gasteiger partial charge is 0.497 e. The predicted octanol–water partition coefficient (Wildman–Crippen LogP) is 2.13. The number of benzene rings is 1. The van der Waals surface area contributed by atoms with E-state index in [-0.39, 0.29) is 12.1 Å². The number of methoxy groups -OCH3 is 1. The molecule has 170 valence electrons. The summed E-state index contributed by atoms with van der Waals surface area (Å²) in [6, 6.07) is 7.95. The first-order valence-electron chi connectivity index (χ1n) is 11.1. The number of hydrogen-bond donors (Lipinski definition) is 3. The highest BCUT2D eigenvalue weighted by Crippen LogP contribution is 2.31. The molecule has 1 atom stereocenters. The molecule has 2 aliphatic heterocycles. The van der Waals surface area contributed by atoms with Gasteiger partial charge < -0.3 is 25.6 Å². The maximum atomic E-state index is 13.0. The van der Waals surface area contributed by atoms with E-state index in [1.54, 1.807) is 26.4 Å². The van der Waals surface area contributed by atoms with Gasteiger partial charge in [0.25, 0.3) is 5.91 Å². The normalized spacial score (nSPS) is 18.0. The maximum absolute atomic E-state index is 13.0. The summed E-state index contributed by atoms with van der Waals surface area (Å²) in [5.74, 6) is 0.607. The molecule has 3 N–H and O–H groups in total. The van der Waals surface area contributed by atoms with Gasteiger partial charge in [-0.1, -0.05) is 0 Å². The summed E-state index contributed by atoms with van der Waals surface area (Å²) in [7, 11) is 1.67. The molecule has 0 saturated carbocycles. The molecule has 1 saturated heterocycles. The first-order valence-corrected chi connectivity index (χ1v) is 11.1. The molecular formula is C23H31N7O2. The summed E-state index contributed by atoms with van der Waals surface area (Å²) in [5, 5.41) is 16.4. The van der Waals surface area contributed by atoms with Gasteiger partial charge in [-0.05, 0) is 43.7 Å². The Morgan fingerprint density at radius 1 is 1.34 bits per heavy atom. The molecule has 32 heavy (non-hydrogen) atoms. The van der Waals surface area contributed by atoms with Gasteiger partial charge in [-0.3, -0.25) is 14.8 Å². The van der Waals surface area contributed by atoms with E-state index in [9.17, 15) is 4.79 Å². The molecule has 0 bridgehead atoms. The number of carbonyl (C=O) groups excluding carboxylic acids is 1. The highest BCUT2D eigenvalue weighted by molar-refractivity contribution is 6.42. The fraction of sp³-hybridized carbons (Fsp3) is 0.435. The Bertz CT molecular complexity index is 988. The van der Waals surface area contributed by atoms with Crippen LogP contribution in [0.25, 0.3) is 0 Å². The lowest BCUT2D eigenvalue weighted by molar-refractivity contribution is -0.110. The van der Waals surface area contributed by atoms with Gasteiger partial charge in [0.1, 0.15) is 17.6 Å². The quantitative estimate of drug-likeness (QED) is 0.451. The topological polar surface area (TPSA) is 94.1 Å². The van der Waals surface area contributed by atoms with Crippen LogP contribution >= 0.6 is 0 Å². The summed E-state index contributed by atoms with van der Waals surface area (Å²) in [5.41, 5.74) is 4.34. The van der Waals surface area contributed by atoms with Gasteiger partial charge in [0.05, 0.1) is 24.7 Å². The van der Waals surface area contributed by atoms with Gasteiger partial charge in [-0.25, -0.2) is 0 Å². The number of likely N-dealkylation sites (N-methyl/N-ethyl adjacent to an activating group) is 1. The standard InChI is InChI=1S/C23H31N7O2/c1-4-30(22-14-17-13-18(32-3)5-6-19(17)26-22)28-16(2)23(31)27-20-15-25-8-7-21(20)29-11-9-24-10-12-29/h5-8,13,15,22,24,26H,4,9-12,14H2,1-3H3,(H,27,31). The van der Waals surface area contributed by atoms with Crippen LogP contribution in [-0.4, -0.2) is 67.6 Å². The number of nitrogens with one attached hydrogen (secondary N) is 3. The van der Waals surface area contributed by atoms with E-state index in [2.05, 4.69) is 30.9 Å². The van der Waals surface area contributed by atoms with Crippen molar-refractivity contribution < 1.29 is 9.53 Å². The second-order valence-electron chi connectivity index (χ2n) is 7.91. The molecule has 1 aromatic carbocycles. The molecule has 0 radical (unpaired) electrons. The number of nitrogens with zero attached hydrogens (tertiary/aromatic N) is 4. The van der Waals surface area contributed by atoms with Crippen LogP contribution in [0, 0.1) is 0 Å². The monoisotopic (exact) mass is 437 g/mol. The molecule has 2 aliphatic rings. The zero-order valence-electron chi connectivity index (χ0n) is 18.9. The van der Waals surface area contributed by atoms with E-state index in [0.29, 0.717) is 17.9 Å². The number of anilines is 3. The molecule has 3 heterocycles. The van der Waals surface area contributed by atoms with Gasteiger partial charge >= 0.3 is 0 Å². The molecule has 9 nitrogen and oxygen atoms in total. The number of amides is 1. The number of piperazine rings is 1. The third-order valence-corrected chi connectivity index (χ3v) is 5.84. The van der Waals surface area contributed by atoms with Gasteiger partial charge in [0.15, 0.2) is 0 Å². The van der Waals surface area contributed by atoms with Crippen molar-refractivity contribution in [3.05, 3.63) is 42.2 Å². The van der Waals surface area contributed by atoms with Gasteiger partial charge in [-0.2, -0.15) is 5.10 Å². The molecular weight excluding hydrogens is 406 g/mol. The third-order valence-electron chi connectivity index (χ3n) is 5.84. The number of hydrogen-bond acceptors (Lipinski definition) is 8. The van der Waals surface area contributed by atoms with Crippen molar-refractivity contribution in [3.63, 3.8) is 0 Å². The molecule has 2 aromatic rings. The Labute approximate surface area is 188 Å². The second-order valence-corrected chi connectivity index (χ2v) is 7.91. The Kier molecular flexibility index (Phi) is 6.75. The molecule has 1 fully saturated rings. The Morgan fingerprint density at radius 3 is 2.91 bits per heavy atom. The van der Waals surface area contributed by atoms with Crippen LogP contribution in [0.15, 0.2) is 41.8 Å². The minimum Gasteiger partial charge on any atom is -0.497 e. The number of pyridine rings is 1. The van der Waals surface area contributed by atoms with Crippen molar-refractivity contribution in [2.75, 3.05) is 55.4 Å². The van der Waals surface area contributed by atoms with E-state index in [1.165, 1.54) is 5.56 Å². The first kappa shape index (κ1) is 21.9. The maximum Gasteiger partial charge on any atom is 0.271 e. The van der Waals surface area contributed by atoms with Crippen molar-refractivity contribution in [1.82, 2.24) is 15.3 Å². The SMILES string of the molecule is CCN(N=C(C)C(=O)Nc1cnccc1N1CCNCC1)C1Cc2cc(OC)ccc2N1. The average molecular weight is 438 g/mol. The van der Waals surface area contributed by atoms with Crippen LogP contribution in [-0.2, 0) is 11.2 Å². The lowest BCUT2D eigenvalue weighted by Gasteiger charge is -2.31. The Balaban J connectivity index is 1.45. The van der Waals surface area contributed by atoms with Crippen LogP contribution in [0.3, 0.4) is 0 Å². The van der Waals surface area contributed by atoms with Crippen LogP contribution in [0.2, 0.25) is 0 Å². The fourth-order valence-electron chi connectivity index (χ4n) is 4.10. The number of fused-ring (bicyclic) bond motifs is 1. The van der Waals surface area contributed by atoms with Crippen LogP contribution in [0.1, 0.15) is 19.4 Å².